The summed E-state index contributed by atoms with van der Waals surface area (Å²) in [5.74, 6) is -1.20. The average Bonchev–Trinajstić information content (AvgIpc) is 2.70. The normalized spacial score (nSPS) is 11.3. The molecule has 4 N–H and O–H groups in total. The van der Waals surface area contributed by atoms with Crippen LogP contribution in [-0.4, -0.2) is 43.0 Å². The summed E-state index contributed by atoms with van der Waals surface area (Å²) in [7, 11) is 1.56. The SMILES string of the molecule is COc1ccccc1NCC[NH2+][C@H](CC(=O)Nc1ccc([N+](=O)[O-])cc1)C(=O)[O-]. The lowest BCUT2D eigenvalue weighted by atomic mass is 10.2. The fourth-order valence-electron chi connectivity index (χ4n) is 2.62. The van der Waals surface area contributed by atoms with Crippen LogP contribution in [0.3, 0.4) is 0 Å². The summed E-state index contributed by atoms with van der Waals surface area (Å²) in [6.07, 6.45) is -0.298. The molecular formula is C19H22N4O6. The van der Waals surface area contributed by atoms with Gasteiger partial charge in [0, 0.05) is 17.8 Å². The van der Waals surface area contributed by atoms with E-state index in [4.69, 9.17) is 4.74 Å². The number of nitrogens with one attached hydrogen (secondary N) is 2. The molecule has 0 radical (unpaired) electrons. The predicted molar refractivity (Wildman–Crippen MR) is 103 cm³/mol. The zero-order chi connectivity index (χ0) is 21.2. The Kier molecular flexibility index (Phi) is 7.92. The van der Waals surface area contributed by atoms with E-state index in [1.807, 2.05) is 18.2 Å². The molecule has 10 nitrogen and oxygen atoms in total. The van der Waals surface area contributed by atoms with Crippen molar-refractivity contribution >= 4 is 28.9 Å². The number of methoxy groups -OCH3 is 1. The second-order valence-corrected chi connectivity index (χ2v) is 6.13. The third-order valence-electron chi connectivity index (χ3n) is 4.09. The first-order valence-electron chi connectivity index (χ1n) is 8.86. The average molecular weight is 402 g/mol. The van der Waals surface area contributed by atoms with E-state index >= 15 is 0 Å². The van der Waals surface area contributed by atoms with Gasteiger partial charge in [-0.05, 0) is 24.3 Å². The number of nitro groups is 1. The number of non-ortho nitro benzene ring substituents is 1. The van der Waals surface area contributed by atoms with Crippen molar-refractivity contribution in [1.82, 2.24) is 0 Å². The largest absolute Gasteiger partial charge is 0.544 e. The Bertz CT molecular complexity index is 856. The number of carbonyl (C=O) groups is 2. The van der Waals surface area contributed by atoms with E-state index < -0.39 is 22.8 Å². The maximum absolute atomic E-state index is 12.1. The number of nitro benzene ring substituents is 1. The van der Waals surface area contributed by atoms with Gasteiger partial charge in [-0.3, -0.25) is 14.9 Å². The molecule has 0 aliphatic heterocycles. The number of carboxylic acid groups (broad SMARTS) is 1. The van der Waals surface area contributed by atoms with E-state index in [1.54, 1.807) is 13.2 Å². The number of quaternary nitrogens is 1. The van der Waals surface area contributed by atoms with E-state index in [2.05, 4.69) is 10.6 Å². The third kappa shape index (κ3) is 6.78. The highest BCUT2D eigenvalue weighted by Crippen LogP contribution is 2.22. The highest BCUT2D eigenvalue weighted by atomic mass is 16.6. The molecule has 2 rings (SSSR count). The number of rotatable bonds is 11. The first-order chi connectivity index (χ1) is 13.9. The monoisotopic (exact) mass is 402 g/mol. The fourth-order valence-corrected chi connectivity index (χ4v) is 2.62. The predicted octanol–water partition coefficient (Wildman–Crippen LogP) is -0.274. The van der Waals surface area contributed by atoms with Crippen LogP contribution in [0.2, 0.25) is 0 Å². The van der Waals surface area contributed by atoms with Gasteiger partial charge in [0.05, 0.1) is 43.2 Å². The Morgan fingerprint density at radius 3 is 2.48 bits per heavy atom. The molecule has 0 bridgehead atoms. The number of nitrogens with zero attached hydrogens (tertiary/aromatic N) is 1. The summed E-state index contributed by atoms with van der Waals surface area (Å²) in [5, 5.41) is 29.1. The molecule has 0 aliphatic carbocycles. The molecule has 10 heteroatoms. The van der Waals surface area contributed by atoms with Gasteiger partial charge < -0.3 is 30.6 Å². The number of anilines is 2. The molecule has 0 heterocycles. The molecule has 0 aliphatic rings. The highest BCUT2D eigenvalue weighted by molar-refractivity contribution is 5.93. The van der Waals surface area contributed by atoms with Crippen molar-refractivity contribution in [2.75, 3.05) is 30.8 Å². The topological polar surface area (TPSA) is 150 Å². The van der Waals surface area contributed by atoms with Crippen LogP contribution in [0.4, 0.5) is 17.1 Å². The lowest BCUT2D eigenvalue weighted by Crippen LogP contribution is -2.94. The number of carbonyl (C=O) groups excluding carboxylic acids is 2. The van der Waals surface area contributed by atoms with Crippen molar-refractivity contribution in [1.29, 1.82) is 0 Å². The van der Waals surface area contributed by atoms with E-state index in [-0.39, 0.29) is 12.1 Å². The maximum atomic E-state index is 12.1. The van der Waals surface area contributed by atoms with Crippen LogP contribution in [0, 0.1) is 10.1 Å². The van der Waals surface area contributed by atoms with Gasteiger partial charge in [-0.1, -0.05) is 12.1 Å². The minimum Gasteiger partial charge on any atom is -0.544 e. The van der Waals surface area contributed by atoms with Gasteiger partial charge in [0.15, 0.2) is 0 Å². The molecular weight excluding hydrogens is 380 g/mol. The van der Waals surface area contributed by atoms with Crippen molar-refractivity contribution in [2.24, 2.45) is 0 Å². The Balaban J connectivity index is 1.82. The van der Waals surface area contributed by atoms with Crippen molar-refractivity contribution in [3.8, 4) is 5.75 Å². The Hall–Kier alpha value is -3.66. The van der Waals surface area contributed by atoms with Crippen LogP contribution in [0.15, 0.2) is 48.5 Å². The number of benzene rings is 2. The summed E-state index contributed by atoms with van der Waals surface area (Å²) in [5.41, 5.74) is 1.02. The summed E-state index contributed by atoms with van der Waals surface area (Å²) in [6.45, 7) is 0.843. The molecule has 2 aromatic rings. The lowest BCUT2D eigenvalue weighted by molar-refractivity contribution is -0.680. The summed E-state index contributed by atoms with van der Waals surface area (Å²) in [4.78, 5) is 33.5. The van der Waals surface area contributed by atoms with Gasteiger partial charge in [-0.25, -0.2) is 0 Å². The smallest absolute Gasteiger partial charge is 0.269 e. The number of ether oxygens (including phenoxy) is 1. The zero-order valence-electron chi connectivity index (χ0n) is 15.8. The number of para-hydroxylation sites is 2. The highest BCUT2D eigenvalue weighted by Gasteiger charge is 2.18. The van der Waals surface area contributed by atoms with Crippen LogP contribution in [0.1, 0.15) is 6.42 Å². The molecule has 0 saturated heterocycles. The molecule has 0 unspecified atom stereocenters. The van der Waals surface area contributed by atoms with Gasteiger partial charge in [-0.15, -0.1) is 0 Å². The van der Waals surface area contributed by atoms with Gasteiger partial charge in [0.1, 0.15) is 11.8 Å². The Labute approximate surface area is 167 Å². The molecule has 0 saturated carbocycles. The van der Waals surface area contributed by atoms with E-state index in [0.29, 0.717) is 24.5 Å². The number of amides is 1. The van der Waals surface area contributed by atoms with Crippen LogP contribution < -0.4 is 25.8 Å². The first-order valence-corrected chi connectivity index (χ1v) is 8.86. The molecule has 0 spiro atoms. The van der Waals surface area contributed by atoms with E-state index in [1.165, 1.54) is 29.6 Å². The molecule has 1 atom stereocenters. The van der Waals surface area contributed by atoms with Gasteiger partial charge in [0.25, 0.3) is 5.69 Å². The number of aliphatic carboxylic acids is 1. The standard InChI is InChI=1S/C19H22N4O6/c1-29-17-5-3-2-4-15(17)20-10-11-21-16(19(25)26)12-18(24)22-13-6-8-14(9-7-13)23(27)28/h2-9,16,20-21H,10-12H2,1H3,(H,22,24)(H,25,26)/t16-/m1/s1. The summed E-state index contributed by atoms with van der Waals surface area (Å²) < 4.78 is 5.22. The van der Waals surface area contributed by atoms with Crippen molar-refractivity contribution in [2.45, 2.75) is 12.5 Å². The minimum atomic E-state index is -1.35. The van der Waals surface area contributed by atoms with Crippen molar-refractivity contribution < 1.29 is 29.7 Å². The summed E-state index contributed by atoms with van der Waals surface area (Å²) >= 11 is 0. The molecule has 154 valence electrons. The number of hydrogen-bond donors (Lipinski definition) is 3. The zero-order valence-corrected chi connectivity index (χ0v) is 15.8. The lowest BCUT2D eigenvalue weighted by Gasteiger charge is -2.17. The second-order valence-electron chi connectivity index (χ2n) is 6.13. The number of hydrogen-bond acceptors (Lipinski definition) is 7. The van der Waals surface area contributed by atoms with Crippen molar-refractivity contribution in [3.05, 3.63) is 58.6 Å². The third-order valence-corrected chi connectivity index (χ3v) is 4.09. The number of nitrogens with two attached hydrogens (primary N) is 1. The van der Waals surface area contributed by atoms with Crippen LogP contribution in [0.5, 0.6) is 5.75 Å². The summed E-state index contributed by atoms with van der Waals surface area (Å²) in [6, 6.07) is 11.5. The molecule has 1 amide bonds. The van der Waals surface area contributed by atoms with E-state index in [0.717, 1.165) is 5.69 Å². The van der Waals surface area contributed by atoms with E-state index in [9.17, 15) is 24.8 Å². The van der Waals surface area contributed by atoms with Crippen LogP contribution in [-0.2, 0) is 9.59 Å². The molecule has 0 fully saturated rings. The molecule has 29 heavy (non-hydrogen) atoms. The van der Waals surface area contributed by atoms with Gasteiger partial charge in [-0.2, -0.15) is 0 Å². The van der Waals surface area contributed by atoms with Crippen LogP contribution >= 0.6 is 0 Å². The molecule has 2 aromatic carbocycles. The Morgan fingerprint density at radius 2 is 1.86 bits per heavy atom. The van der Waals surface area contributed by atoms with Crippen LogP contribution in [0.25, 0.3) is 0 Å². The maximum Gasteiger partial charge on any atom is 0.269 e. The minimum absolute atomic E-state index is 0.105. The fraction of sp³-hybridized carbons (Fsp3) is 0.263. The van der Waals surface area contributed by atoms with Crippen molar-refractivity contribution in [3.63, 3.8) is 0 Å². The second kappa shape index (κ2) is 10.6. The quantitative estimate of drug-likeness (QED) is 0.266. The van der Waals surface area contributed by atoms with Gasteiger partial charge in [0.2, 0.25) is 5.91 Å². The Morgan fingerprint density at radius 1 is 1.17 bits per heavy atom. The van der Waals surface area contributed by atoms with Gasteiger partial charge >= 0.3 is 0 Å². The first kappa shape index (κ1) is 21.6. The number of carboxylic acids is 1. The molecule has 0 aromatic heterocycles.